The van der Waals surface area contributed by atoms with Crippen molar-refractivity contribution in [2.45, 2.75) is 53.1 Å². The highest BCUT2D eigenvalue weighted by Gasteiger charge is 2.23. The number of ether oxygens (including phenoxy) is 1. The van der Waals surface area contributed by atoms with Crippen molar-refractivity contribution < 1.29 is 4.74 Å². The lowest BCUT2D eigenvalue weighted by molar-refractivity contribution is 0.116. The van der Waals surface area contributed by atoms with Gasteiger partial charge in [-0.25, -0.2) is 9.97 Å². The van der Waals surface area contributed by atoms with E-state index in [0.717, 1.165) is 41.4 Å². The summed E-state index contributed by atoms with van der Waals surface area (Å²) in [6.07, 6.45) is 1.00. The minimum absolute atomic E-state index is 0.0363. The Morgan fingerprint density at radius 3 is 2.42 bits per heavy atom. The second kappa shape index (κ2) is 7.20. The second-order valence-corrected chi connectivity index (χ2v) is 6.28. The zero-order chi connectivity index (χ0) is 14.5. The molecule has 0 fully saturated rings. The van der Waals surface area contributed by atoms with Crippen molar-refractivity contribution in [3.05, 3.63) is 16.0 Å². The van der Waals surface area contributed by atoms with E-state index in [1.54, 1.807) is 0 Å². The Morgan fingerprint density at radius 2 is 1.89 bits per heavy atom. The largest absolute Gasteiger partial charge is 0.373 e. The highest BCUT2D eigenvalue weighted by atomic mass is 79.9. The molecule has 0 aliphatic heterocycles. The van der Waals surface area contributed by atoms with E-state index in [0.29, 0.717) is 6.61 Å². The van der Waals surface area contributed by atoms with Gasteiger partial charge in [0, 0.05) is 18.6 Å². The van der Waals surface area contributed by atoms with E-state index in [4.69, 9.17) is 4.74 Å². The number of rotatable bonds is 6. The molecule has 108 valence electrons. The van der Waals surface area contributed by atoms with E-state index in [1.807, 2.05) is 0 Å². The monoisotopic (exact) mass is 329 g/mol. The van der Waals surface area contributed by atoms with Crippen molar-refractivity contribution in [2.75, 3.05) is 18.5 Å². The molecule has 1 rings (SSSR count). The van der Waals surface area contributed by atoms with Gasteiger partial charge in [-0.05, 0) is 29.3 Å². The fourth-order valence-corrected chi connectivity index (χ4v) is 2.56. The van der Waals surface area contributed by atoms with Gasteiger partial charge in [0.1, 0.15) is 12.4 Å². The van der Waals surface area contributed by atoms with Crippen LogP contribution in [0.3, 0.4) is 0 Å². The van der Waals surface area contributed by atoms with Gasteiger partial charge in [0.2, 0.25) is 0 Å². The lowest BCUT2D eigenvalue weighted by Crippen LogP contribution is -2.19. The van der Waals surface area contributed by atoms with Crippen molar-refractivity contribution in [2.24, 2.45) is 0 Å². The summed E-state index contributed by atoms with van der Waals surface area (Å²) in [5, 5.41) is 3.27. The van der Waals surface area contributed by atoms with Crippen LogP contribution in [0.1, 0.15) is 52.6 Å². The van der Waals surface area contributed by atoms with Gasteiger partial charge in [-0.15, -0.1) is 0 Å². The second-order valence-electron chi connectivity index (χ2n) is 5.48. The molecule has 19 heavy (non-hydrogen) atoms. The molecule has 0 saturated heterocycles. The Hall–Kier alpha value is -0.680. The number of aromatic nitrogens is 2. The van der Waals surface area contributed by atoms with Crippen LogP contribution in [0.4, 0.5) is 5.82 Å². The summed E-state index contributed by atoms with van der Waals surface area (Å²) in [5.74, 6) is 1.58. The molecule has 0 bridgehead atoms. The van der Waals surface area contributed by atoms with Crippen molar-refractivity contribution in [3.8, 4) is 0 Å². The zero-order valence-electron chi connectivity index (χ0n) is 12.5. The topological polar surface area (TPSA) is 47.0 Å². The molecular formula is C14H24BrN3O. The Morgan fingerprint density at radius 1 is 1.21 bits per heavy atom. The van der Waals surface area contributed by atoms with Crippen LogP contribution in [0.2, 0.25) is 0 Å². The van der Waals surface area contributed by atoms with Gasteiger partial charge in [-0.1, -0.05) is 27.7 Å². The number of nitrogens with one attached hydrogen (secondary N) is 1. The molecule has 1 N–H and O–H groups in total. The van der Waals surface area contributed by atoms with Crippen molar-refractivity contribution in [3.63, 3.8) is 0 Å². The summed E-state index contributed by atoms with van der Waals surface area (Å²) in [6.45, 7) is 12.6. The van der Waals surface area contributed by atoms with E-state index < -0.39 is 0 Å². The van der Waals surface area contributed by atoms with Crippen LogP contribution >= 0.6 is 15.9 Å². The third-order valence-electron chi connectivity index (χ3n) is 2.53. The molecule has 4 nitrogen and oxygen atoms in total. The van der Waals surface area contributed by atoms with E-state index in [-0.39, 0.29) is 5.41 Å². The molecule has 0 radical (unpaired) electrons. The first-order valence-electron chi connectivity index (χ1n) is 6.78. The smallest absolute Gasteiger partial charge is 0.156 e. The van der Waals surface area contributed by atoms with Gasteiger partial charge >= 0.3 is 0 Å². The van der Waals surface area contributed by atoms with Gasteiger partial charge in [0.25, 0.3) is 0 Å². The van der Waals surface area contributed by atoms with E-state index >= 15 is 0 Å². The van der Waals surface area contributed by atoms with Crippen LogP contribution in [-0.4, -0.2) is 23.1 Å². The molecule has 1 aromatic rings. The van der Waals surface area contributed by atoms with Gasteiger partial charge in [-0.3, -0.25) is 0 Å². The highest BCUT2D eigenvalue weighted by molar-refractivity contribution is 9.10. The van der Waals surface area contributed by atoms with E-state index in [1.165, 1.54) is 0 Å². The molecule has 1 heterocycles. The fourth-order valence-electron chi connectivity index (χ4n) is 1.65. The maximum atomic E-state index is 5.54. The first-order chi connectivity index (χ1) is 8.90. The van der Waals surface area contributed by atoms with Crippen molar-refractivity contribution >= 4 is 21.7 Å². The molecule has 0 aliphatic rings. The SMILES string of the molecule is CCCOCc1nc(NCC)c(Br)c(C(C)(C)C)n1. The average molecular weight is 330 g/mol. The van der Waals surface area contributed by atoms with Gasteiger partial charge in [-0.2, -0.15) is 0 Å². The maximum absolute atomic E-state index is 5.54. The Kier molecular flexibility index (Phi) is 6.20. The zero-order valence-corrected chi connectivity index (χ0v) is 14.1. The van der Waals surface area contributed by atoms with Crippen LogP contribution in [0.15, 0.2) is 4.47 Å². The number of halogens is 1. The number of anilines is 1. The molecule has 0 saturated carbocycles. The first-order valence-corrected chi connectivity index (χ1v) is 7.58. The highest BCUT2D eigenvalue weighted by Crippen LogP contribution is 2.32. The molecule has 0 unspecified atom stereocenters. The molecule has 0 amide bonds. The predicted molar refractivity (Wildman–Crippen MR) is 82.5 cm³/mol. The first kappa shape index (κ1) is 16.4. The summed E-state index contributed by atoms with van der Waals surface area (Å²) in [4.78, 5) is 9.15. The summed E-state index contributed by atoms with van der Waals surface area (Å²) >= 11 is 3.61. The molecule has 0 spiro atoms. The van der Waals surface area contributed by atoms with E-state index in [9.17, 15) is 0 Å². The standard InChI is InChI=1S/C14H24BrN3O/c1-6-8-19-9-10-17-12(14(3,4)5)11(15)13(18-10)16-7-2/h6-9H2,1-5H3,(H,16,17,18). The Labute approximate surface area is 124 Å². The average Bonchev–Trinajstić information content (AvgIpc) is 2.32. The number of nitrogens with zero attached hydrogens (tertiary/aromatic N) is 2. The molecule has 0 aromatic carbocycles. The Balaban J connectivity index is 3.08. The molecule has 5 heteroatoms. The molecular weight excluding hydrogens is 306 g/mol. The number of hydrogen-bond acceptors (Lipinski definition) is 4. The minimum Gasteiger partial charge on any atom is -0.373 e. The lowest BCUT2D eigenvalue weighted by Gasteiger charge is -2.22. The lowest BCUT2D eigenvalue weighted by atomic mass is 9.92. The quantitative estimate of drug-likeness (QED) is 0.804. The third-order valence-corrected chi connectivity index (χ3v) is 3.28. The summed E-state index contributed by atoms with van der Waals surface area (Å²) in [5.41, 5.74) is 0.972. The Bertz CT molecular complexity index is 416. The van der Waals surface area contributed by atoms with Crippen LogP contribution < -0.4 is 5.32 Å². The van der Waals surface area contributed by atoms with Crippen LogP contribution in [0.25, 0.3) is 0 Å². The molecule has 1 aromatic heterocycles. The van der Waals surface area contributed by atoms with Crippen molar-refractivity contribution in [1.29, 1.82) is 0 Å². The third kappa shape index (κ3) is 4.73. The van der Waals surface area contributed by atoms with Crippen LogP contribution in [-0.2, 0) is 16.8 Å². The normalized spacial score (nSPS) is 11.7. The van der Waals surface area contributed by atoms with Crippen molar-refractivity contribution in [1.82, 2.24) is 9.97 Å². The fraction of sp³-hybridized carbons (Fsp3) is 0.714. The summed E-state index contributed by atoms with van der Waals surface area (Å²) < 4.78 is 6.49. The summed E-state index contributed by atoms with van der Waals surface area (Å²) in [7, 11) is 0. The van der Waals surface area contributed by atoms with Crippen LogP contribution in [0, 0.1) is 0 Å². The molecule has 0 atom stereocenters. The van der Waals surface area contributed by atoms with E-state index in [2.05, 4.69) is 65.8 Å². The van der Waals surface area contributed by atoms with Gasteiger partial charge < -0.3 is 10.1 Å². The maximum Gasteiger partial charge on any atom is 0.156 e. The van der Waals surface area contributed by atoms with Crippen LogP contribution in [0.5, 0.6) is 0 Å². The number of hydrogen-bond donors (Lipinski definition) is 1. The molecule has 0 aliphatic carbocycles. The minimum atomic E-state index is -0.0363. The predicted octanol–water partition coefficient (Wildman–Crippen LogP) is 3.90. The van der Waals surface area contributed by atoms with Gasteiger partial charge in [0.05, 0.1) is 10.2 Å². The van der Waals surface area contributed by atoms with Gasteiger partial charge in [0.15, 0.2) is 5.82 Å². The summed E-state index contributed by atoms with van der Waals surface area (Å²) in [6, 6.07) is 0.